The lowest BCUT2D eigenvalue weighted by Crippen LogP contribution is -2.11. The quantitative estimate of drug-likeness (QED) is 0.679. The van der Waals surface area contributed by atoms with E-state index in [9.17, 15) is 4.79 Å². The fraction of sp³-hybridized carbons (Fsp3) is 0.167. The number of carbonyl (C=O) groups is 1. The molecule has 4 heteroatoms. The third-order valence-corrected chi connectivity index (χ3v) is 3.94. The summed E-state index contributed by atoms with van der Waals surface area (Å²) >= 11 is 0. The van der Waals surface area contributed by atoms with E-state index >= 15 is 0 Å². The standard InChI is InChI=1S/C18H15NO3/c20-16(13-6-8-17-18(9-13)22-11-21-17)10-14-7-5-12-3-1-2-4-15(12)19-14/h1-4,6,8-10,19H,5,7,11H2/b14-10-. The monoisotopic (exact) mass is 293 g/mol. The maximum atomic E-state index is 12.4. The van der Waals surface area contributed by atoms with Crippen LogP contribution in [0.1, 0.15) is 22.3 Å². The Morgan fingerprint density at radius 1 is 1.05 bits per heavy atom. The van der Waals surface area contributed by atoms with Gasteiger partial charge in [-0.3, -0.25) is 4.79 Å². The van der Waals surface area contributed by atoms with Crippen molar-refractivity contribution in [2.24, 2.45) is 0 Å². The Bertz CT molecular complexity index is 780. The molecule has 0 radical (unpaired) electrons. The SMILES string of the molecule is O=C(/C=C1/CCc2ccccc2N1)c1ccc2c(c1)OCO2. The van der Waals surface area contributed by atoms with Crippen LogP contribution in [0.3, 0.4) is 0 Å². The molecule has 2 heterocycles. The number of ether oxygens (including phenoxy) is 2. The van der Waals surface area contributed by atoms with Gasteiger partial charge in [0.25, 0.3) is 0 Å². The molecular weight excluding hydrogens is 278 g/mol. The molecule has 0 fully saturated rings. The van der Waals surface area contributed by atoms with Crippen LogP contribution in [0.5, 0.6) is 11.5 Å². The van der Waals surface area contributed by atoms with E-state index < -0.39 is 0 Å². The van der Waals surface area contributed by atoms with Gasteiger partial charge in [-0.15, -0.1) is 0 Å². The first-order valence-electron chi connectivity index (χ1n) is 7.29. The summed E-state index contributed by atoms with van der Waals surface area (Å²) in [6.07, 6.45) is 3.46. The number of hydrogen-bond acceptors (Lipinski definition) is 4. The largest absolute Gasteiger partial charge is 0.454 e. The highest BCUT2D eigenvalue weighted by atomic mass is 16.7. The van der Waals surface area contributed by atoms with Crippen molar-refractivity contribution in [3.63, 3.8) is 0 Å². The number of fused-ring (bicyclic) bond motifs is 2. The summed E-state index contributed by atoms with van der Waals surface area (Å²) in [5.41, 5.74) is 3.92. The van der Waals surface area contributed by atoms with Gasteiger partial charge in [0, 0.05) is 23.0 Å². The Balaban J connectivity index is 1.57. The smallest absolute Gasteiger partial charge is 0.231 e. The molecule has 110 valence electrons. The Kier molecular flexibility index (Phi) is 3.07. The number of nitrogens with one attached hydrogen (secondary N) is 1. The summed E-state index contributed by atoms with van der Waals surface area (Å²) in [7, 11) is 0. The van der Waals surface area contributed by atoms with Crippen LogP contribution in [-0.2, 0) is 6.42 Å². The van der Waals surface area contributed by atoms with E-state index in [1.165, 1.54) is 5.56 Å². The fourth-order valence-corrected chi connectivity index (χ4v) is 2.76. The second kappa shape index (κ2) is 5.22. The van der Waals surface area contributed by atoms with Crippen LogP contribution in [0.2, 0.25) is 0 Å². The predicted molar refractivity (Wildman–Crippen MR) is 83.4 cm³/mol. The number of hydrogen-bond donors (Lipinski definition) is 1. The average molecular weight is 293 g/mol. The van der Waals surface area contributed by atoms with Crippen molar-refractivity contribution in [2.45, 2.75) is 12.8 Å². The highest BCUT2D eigenvalue weighted by Crippen LogP contribution is 2.33. The lowest BCUT2D eigenvalue weighted by molar-refractivity contribution is 0.104. The molecule has 0 aromatic heterocycles. The van der Waals surface area contributed by atoms with Crippen LogP contribution < -0.4 is 14.8 Å². The van der Waals surface area contributed by atoms with E-state index in [4.69, 9.17) is 9.47 Å². The first-order valence-corrected chi connectivity index (χ1v) is 7.29. The summed E-state index contributed by atoms with van der Waals surface area (Å²) in [6.45, 7) is 0.215. The second-order valence-corrected chi connectivity index (χ2v) is 5.38. The highest BCUT2D eigenvalue weighted by molar-refractivity contribution is 6.05. The van der Waals surface area contributed by atoms with Gasteiger partial charge in [0.1, 0.15) is 0 Å². The van der Waals surface area contributed by atoms with Crippen molar-refractivity contribution in [2.75, 3.05) is 12.1 Å². The third-order valence-electron chi connectivity index (χ3n) is 3.94. The molecule has 4 rings (SSSR count). The lowest BCUT2D eigenvalue weighted by atomic mass is 10.00. The summed E-state index contributed by atoms with van der Waals surface area (Å²) < 4.78 is 10.6. The minimum Gasteiger partial charge on any atom is -0.454 e. The van der Waals surface area contributed by atoms with Gasteiger partial charge in [-0.05, 0) is 42.7 Å². The minimum absolute atomic E-state index is 0.0276. The molecule has 2 aromatic rings. The van der Waals surface area contributed by atoms with E-state index in [2.05, 4.69) is 11.4 Å². The molecule has 0 aliphatic carbocycles. The molecule has 4 nitrogen and oxygen atoms in total. The molecule has 0 spiro atoms. The van der Waals surface area contributed by atoms with Gasteiger partial charge in [0.15, 0.2) is 17.3 Å². The third kappa shape index (κ3) is 2.33. The van der Waals surface area contributed by atoms with E-state index in [-0.39, 0.29) is 12.6 Å². The van der Waals surface area contributed by atoms with Gasteiger partial charge in [-0.25, -0.2) is 0 Å². The highest BCUT2D eigenvalue weighted by Gasteiger charge is 2.17. The van der Waals surface area contributed by atoms with E-state index in [1.54, 1.807) is 24.3 Å². The molecule has 1 N–H and O–H groups in total. The maximum absolute atomic E-state index is 12.4. The summed E-state index contributed by atoms with van der Waals surface area (Å²) in [5, 5.41) is 3.33. The Morgan fingerprint density at radius 3 is 2.86 bits per heavy atom. The van der Waals surface area contributed by atoms with Crippen LogP contribution in [0.15, 0.2) is 54.2 Å². The van der Waals surface area contributed by atoms with Gasteiger partial charge in [0.05, 0.1) is 0 Å². The van der Waals surface area contributed by atoms with Crippen LogP contribution in [0.25, 0.3) is 0 Å². The lowest BCUT2D eigenvalue weighted by Gasteiger charge is -2.20. The Morgan fingerprint density at radius 2 is 1.91 bits per heavy atom. The van der Waals surface area contributed by atoms with E-state index in [1.807, 2.05) is 18.2 Å². The van der Waals surface area contributed by atoms with Crippen molar-refractivity contribution < 1.29 is 14.3 Å². The zero-order chi connectivity index (χ0) is 14.9. The van der Waals surface area contributed by atoms with Crippen LogP contribution in [0, 0.1) is 0 Å². The molecule has 0 unspecified atom stereocenters. The number of benzene rings is 2. The number of carbonyl (C=O) groups excluding carboxylic acids is 1. The minimum atomic E-state index is -0.0276. The molecule has 2 aliphatic rings. The van der Waals surface area contributed by atoms with Crippen molar-refractivity contribution in [1.82, 2.24) is 0 Å². The summed E-state index contributed by atoms with van der Waals surface area (Å²) in [6, 6.07) is 13.5. The number of allylic oxidation sites excluding steroid dienone is 2. The summed E-state index contributed by atoms with van der Waals surface area (Å²) in [4.78, 5) is 12.4. The average Bonchev–Trinajstić information content (AvgIpc) is 3.02. The zero-order valence-electron chi connectivity index (χ0n) is 12.0. The molecule has 0 bridgehead atoms. The van der Waals surface area contributed by atoms with Gasteiger partial charge >= 0.3 is 0 Å². The molecule has 0 atom stereocenters. The first kappa shape index (κ1) is 13.0. The molecule has 2 aromatic carbocycles. The van der Waals surface area contributed by atoms with Gasteiger partial charge < -0.3 is 14.8 Å². The van der Waals surface area contributed by atoms with E-state index in [0.29, 0.717) is 17.1 Å². The normalized spacial score (nSPS) is 17.0. The maximum Gasteiger partial charge on any atom is 0.231 e. The van der Waals surface area contributed by atoms with Crippen LogP contribution in [0.4, 0.5) is 5.69 Å². The molecular formula is C18H15NO3. The van der Waals surface area contributed by atoms with Gasteiger partial charge in [-0.1, -0.05) is 18.2 Å². The van der Waals surface area contributed by atoms with Gasteiger partial charge in [-0.2, -0.15) is 0 Å². The molecule has 22 heavy (non-hydrogen) atoms. The molecule has 0 amide bonds. The number of rotatable bonds is 2. The summed E-state index contributed by atoms with van der Waals surface area (Å²) in [5.74, 6) is 1.29. The number of ketones is 1. The first-order chi connectivity index (χ1) is 10.8. The molecule has 2 aliphatic heterocycles. The Labute approximate surface area is 128 Å². The second-order valence-electron chi connectivity index (χ2n) is 5.38. The van der Waals surface area contributed by atoms with E-state index in [0.717, 1.165) is 24.2 Å². The number of para-hydroxylation sites is 1. The number of aryl methyl sites for hydroxylation is 1. The van der Waals surface area contributed by atoms with Crippen molar-refractivity contribution in [3.8, 4) is 11.5 Å². The number of anilines is 1. The van der Waals surface area contributed by atoms with Crippen LogP contribution >= 0.6 is 0 Å². The van der Waals surface area contributed by atoms with Crippen molar-refractivity contribution >= 4 is 11.5 Å². The molecule has 0 saturated heterocycles. The fourth-order valence-electron chi connectivity index (χ4n) is 2.76. The van der Waals surface area contributed by atoms with Crippen molar-refractivity contribution in [1.29, 1.82) is 0 Å². The topological polar surface area (TPSA) is 47.6 Å². The predicted octanol–water partition coefficient (Wildman–Crippen LogP) is 3.54. The van der Waals surface area contributed by atoms with Gasteiger partial charge in [0.2, 0.25) is 6.79 Å². The molecule has 0 saturated carbocycles. The van der Waals surface area contributed by atoms with Crippen LogP contribution in [-0.4, -0.2) is 12.6 Å². The zero-order valence-corrected chi connectivity index (χ0v) is 12.0. The van der Waals surface area contributed by atoms with Crippen molar-refractivity contribution in [3.05, 3.63) is 65.4 Å². The Hall–Kier alpha value is -2.75.